The summed E-state index contributed by atoms with van der Waals surface area (Å²) in [6.45, 7) is 3.20. The first-order valence-corrected chi connectivity index (χ1v) is 20.0. The average molecular weight is 765 g/mol. The number of nitrogens with two attached hydrogens (primary N) is 1. The molecule has 6 rings (SSSR count). The Labute approximate surface area is 334 Å². The zero-order valence-corrected chi connectivity index (χ0v) is 32.6. The summed E-state index contributed by atoms with van der Waals surface area (Å²) in [4.78, 5) is 56.6. The molecule has 3 amide bonds. The maximum absolute atomic E-state index is 15.0. The number of aromatic nitrogens is 1. The molecular formula is C48H52N4O5. The summed E-state index contributed by atoms with van der Waals surface area (Å²) >= 11 is 0. The van der Waals surface area contributed by atoms with Crippen molar-refractivity contribution in [2.45, 2.75) is 83.5 Å². The lowest BCUT2D eigenvalue weighted by Crippen LogP contribution is -2.53. The molecule has 0 fully saturated rings. The minimum atomic E-state index is -0.982. The summed E-state index contributed by atoms with van der Waals surface area (Å²) < 4.78 is 7.58. The molecule has 0 spiro atoms. The Bertz CT molecular complexity index is 2270. The van der Waals surface area contributed by atoms with Crippen LogP contribution >= 0.6 is 0 Å². The quantitative estimate of drug-likeness (QED) is 0.0598. The molecule has 0 aliphatic rings. The SMILES string of the molecule is CCCCCN(C(=O)[C@H](CCCC(=O)OCc1ccccc1)NC(=O)c1cn(Cc2ccccc2)c2ccccc12)[C@H](CC(N)=O)Cc1ccc2ccccc2c1. The Balaban J connectivity index is 1.28. The number of ether oxygens (including phenoxy) is 1. The summed E-state index contributed by atoms with van der Waals surface area (Å²) in [7, 11) is 0. The lowest BCUT2D eigenvalue weighted by Gasteiger charge is -2.35. The van der Waals surface area contributed by atoms with Gasteiger partial charge in [-0.15, -0.1) is 0 Å². The monoisotopic (exact) mass is 764 g/mol. The maximum Gasteiger partial charge on any atom is 0.306 e. The largest absolute Gasteiger partial charge is 0.461 e. The molecule has 0 saturated heterocycles. The highest BCUT2D eigenvalue weighted by Gasteiger charge is 2.32. The number of hydrogen-bond acceptors (Lipinski definition) is 5. The van der Waals surface area contributed by atoms with Gasteiger partial charge in [-0.3, -0.25) is 19.2 Å². The van der Waals surface area contributed by atoms with E-state index in [0.29, 0.717) is 37.9 Å². The van der Waals surface area contributed by atoms with Gasteiger partial charge in [0.15, 0.2) is 0 Å². The molecule has 0 unspecified atom stereocenters. The summed E-state index contributed by atoms with van der Waals surface area (Å²) in [5.74, 6) is -1.60. The number of primary amides is 1. The van der Waals surface area contributed by atoms with Crippen LogP contribution in [-0.4, -0.2) is 51.8 Å². The summed E-state index contributed by atoms with van der Waals surface area (Å²) in [5.41, 5.74) is 10.1. The molecule has 6 aromatic rings. The Morgan fingerprint density at radius 2 is 1.44 bits per heavy atom. The first kappa shape index (κ1) is 40.4. The molecule has 3 N–H and O–H groups in total. The second-order valence-corrected chi connectivity index (χ2v) is 14.7. The highest BCUT2D eigenvalue weighted by Crippen LogP contribution is 2.25. The maximum atomic E-state index is 15.0. The zero-order valence-electron chi connectivity index (χ0n) is 32.6. The third-order valence-corrected chi connectivity index (χ3v) is 10.4. The number of unbranched alkanes of at least 4 members (excludes halogenated alkanes) is 2. The molecule has 0 aliphatic carbocycles. The number of carbonyl (C=O) groups excluding carboxylic acids is 4. The number of hydrogen-bond donors (Lipinski definition) is 2. The Morgan fingerprint density at radius 3 is 2.18 bits per heavy atom. The second kappa shape index (κ2) is 20.1. The molecule has 5 aromatic carbocycles. The Morgan fingerprint density at radius 1 is 0.754 bits per heavy atom. The lowest BCUT2D eigenvalue weighted by molar-refractivity contribution is -0.145. The van der Waals surface area contributed by atoms with E-state index < -0.39 is 23.9 Å². The molecule has 0 aliphatic heterocycles. The number of amides is 3. The number of rotatable bonds is 20. The van der Waals surface area contributed by atoms with Crippen LogP contribution in [-0.2, 0) is 38.7 Å². The van der Waals surface area contributed by atoms with Gasteiger partial charge in [-0.2, -0.15) is 0 Å². The predicted molar refractivity (Wildman–Crippen MR) is 225 cm³/mol. The van der Waals surface area contributed by atoms with E-state index in [1.165, 1.54) is 0 Å². The van der Waals surface area contributed by atoms with Gasteiger partial charge in [-0.1, -0.05) is 141 Å². The zero-order chi connectivity index (χ0) is 40.0. The Kier molecular flexibility index (Phi) is 14.3. The van der Waals surface area contributed by atoms with Crippen molar-refractivity contribution in [3.8, 4) is 0 Å². The van der Waals surface area contributed by atoms with E-state index in [1.54, 1.807) is 4.90 Å². The van der Waals surface area contributed by atoms with Crippen LogP contribution in [0.2, 0.25) is 0 Å². The van der Waals surface area contributed by atoms with Crippen LogP contribution in [0, 0.1) is 0 Å². The van der Waals surface area contributed by atoms with Crippen LogP contribution in [0.25, 0.3) is 21.7 Å². The van der Waals surface area contributed by atoms with E-state index in [9.17, 15) is 19.2 Å². The van der Waals surface area contributed by atoms with Crippen molar-refractivity contribution < 1.29 is 23.9 Å². The molecule has 2 atom stereocenters. The molecule has 1 heterocycles. The second-order valence-electron chi connectivity index (χ2n) is 14.7. The van der Waals surface area contributed by atoms with Gasteiger partial charge < -0.3 is 25.3 Å². The first-order valence-electron chi connectivity index (χ1n) is 20.0. The molecule has 0 bridgehead atoms. The smallest absolute Gasteiger partial charge is 0.306 e. The fourth-order valence-electron chi connectivity index (χ4n) is 7.46. The standard InChI is InChI=1S/C48H52N4O5/c1-2-3-14-28-52(40(31-45(49)53)30-37-26-27-38-20-10-11-21-39(38)29-37)48(56)43(23-15-25-46(54)57-34-36-18-8-5-9-19-36)50-47(55)42-33-51(32-35-16-6-4-7-17-35)44-24-13-12-22-41(42)44/h4-13,16-22,24,26-27,29,33,40,43H,2-3,14-15,23,25,28,30-32,34H2,1H3,(H2,49,53)(H,50,55)/t40-,43-/m0/s1. The van der Waals surface area contributed by atoms with Crippen molar-refractivity contribution in [2.24, 2.45) is 5.73 Å². The average Bonchev–Trinajstić information content (AvgIpc) is 3.59. The van der Waals surface area contributed by atoms with E-state index in [4.69, 9.17) is 10.5 Å². The highest BCUT2D eigenvalue weighted by molar-refractivity contribution is 6.08. The van der Waals surface area contributed by atoms with E-state index >= 15 is 0 Å². The van der Waals surface area contributed by atoms with Gasteiger partial charge in [-0.25, -0.2) is 0 Å². The number of benzene rings is 5. The summed E-state index contributed by atoms with van der Waals surface area (Å²) in [6, 6.07) is 39.9. The van der Waals surface area contributed by atoms with Crippen LogP contribution in [0.3, 0.4) is 0 Å². The lowest BCUT2D eigenvalue weighted by atomic mass is 9.97. The van der Waals surface area contributed by atoms with Gasteiger partial charge >= 0.3 is 5.97 Å². The normalized spacial score (nSPS) is 12.2. The van der Waals surface area contributed by atoms with Crippen LogP contribution in [0.1, 0.15) is 78.9 Å². The van der Waals surface area contributed by atoms with Crippen molar-refractivity contribution in [1.29, 1.82) is 0 Å². The number of para-hydroxylation sites is 1. The number of nitrogens with one attached hydrogen (secondary N) is 1. The van der Waals surface area contributed by atoms with Gasteiger partial charge in [0, 0.05) is 49.1 Å². The third-order valence-electron chi connectivity index (χ3n) is 10.4. The predicted octanol–water partition coefficient (Wildman–Crippen LogP) is 8.36. The molecule has 9 nitrogen and oxygen atoms in total. The van der Waals surface area contributed by atoms with E-state index in [-0.39, 0.29) is 37.7 Å². The minimum absolute atomic E-state index is 0.0376. The topological polar surface area (TPSA) is 124 Å². The van der Waals surface area contributed by atoms with Crippen LogP contribution in [0.4, 0.5) is 0 Å². The number of nitrogens with zero attached hydrogens (tertiary/aromatic N) is 2. The fraction of sp³-hybridized carbons (Fsp3) is 0.292. The molecule has 0 radical (unpaired) electrons. The Hall–Kier alpha value is -6.22. The first-order chi connectivity index (χ1) is 27.8. The third kappa shape index (κ3) is 11.2. The molecule has 1 aromatic heterocycles. The number of fused-ring (bicyclic) bond motifs is 2. The summed E-state index contributed by atoms with van der Waals surface area (Å²) in [6.07, 6.45) is 5.31. The number of esters is 1. The van der Waals surface area contributed by atoms with Crippen LogP contribution < -0.4 is 11.1 Å². The fourth-order valence-corrected chi connectivity index (χ4v) is 7.46. The van der Waals surface area contributed by atoms with Gasteiger partial charge in [0.1, 0.15) is 12.6 Å². The van der Waals surface area contributed by atoms with Crippen molar-refractivity contribution in [2.75, 3.05) is 6.54 Å². The van der Waals surface area contributed by atoms with E-state index in [0.717, 1.165) is 51.2 Å². The summed E-state index contributed by atoms with van der Waals surface area (Å²) in [5, 5.41) is 6.02. The van der Waals surface area contributed by atoms with Gasteiger partial charge in [0.05, 0.1) is 5.56 Å². The van der Waals surface area contributed by atoms with Gasteiger partial charge in [-0.05, 0) is 59.2 Å². The van der Waals surface area contributed by atoms with Crippen molar-refractivity contribution in [3.05, 3.63) is 156 Å². The molecule has 294 valence electrons. The van der Waals surface area contributed by atoms with Crippen molar-refractivity contribution in [3.63, 3.8) is 0 Å². The molecule has 0 saturated carbocycles. The van der Waals surface area contributed by atoms with Crippen LogP contribution in [0.5, 0.6) is 0 Å². The van der Waals surface area contributed by atoms with Gasteiger partial charge in [0.25, 0.3) is 5.91 Å². The minimum Gasteiger partial charge on any atom is -0.461 e. The van der Waals surface area contributed by atoms with Crippen molar-refractivity contribution in [1.82, 2.24) is 14.8 Å². The van der Waals surface area contributed by atoms with E-state index in [2.05, 4.69) is 18.3 Å². The van der Waals surface area contributed by atoms with Crippen molar-refractivity contribution >= 4 is 45.4 Å². The number of carbonyl (C=O) groups is 4. The molecule has 57 heavy (non-hydrogen) atoms. The van der Waals surface area contributed by atoms with Crippen LogP contribution in [0.15, 0.2) is 134 Å². The molecular weight excluding hydrogens is 713 g/mol. The van der Waals surface area contributed by atoms with Gasteiger partial charge in [0.2, 0.25) is 11.8 Å². The molecule has 9 heteroatoms. The van der Waals surface area contributed by atoms with E-state index in [1.807, 2.05) is 132 Å². The highest BCUT2D eigenvalue weighted by atomic mass is 16.5.